The molecule has 2 aromatic rings. The van der Waals surface area contributed by atoms with Crippen LogP contribution in [0.3, 0.4) is 0 Å². The van der Waals surface area contributed by atoms with E-state index in [1.807, 2.05) is 0 Å². The fraction of sp³-hybridized carbons (Fsp3) is 0.0909. The van der Waals surface area contributed by atoms with E-state index in [2.05, 4.69) is 15.3 Å². The molecule has 1 aromatic carbocycles. The lowest BCUT2D eigenvalue weighted by Crippen LogP contribution is -2.00. The third-order valence-electron chi connectivity index (χ3n) is 2.18. The molecule has 2 rings (SSSR count). The zero-order valence-electron chi connectivity index (χ0n) is 9.55. The molecule has 0 unspecified atom stereocenters. The summed E-state index contributed by atoms with van der Waals surface area (Å²) in [6.07, 6.45) is 1.18. The molecule has 8 heteroatoms. The Morgan fingerprint density at radius 3 is 2.58 bits per heavy atom. The van der Waals surface area contributed by atoms with E-state index in [-0.39, 0.29) is 16.9 Å². The van der Waals surface area contributed by atoms with Crippen molar-refractivity contribution in [3.05, 3.63) is 41.1 Å². The van der Waals surface area contributed by atoms with Gasteiger partial charge in [-0.25, -0.2) is 13.8 Å². The van der Waals surface area contributed by atoms with Gasteiger partial charge in [-0.3, -0.25) is 0 Å². The number of nitrogens with one attached hydrogen (secondary N) is 1. The van der Waals surface area contributed by atoms with Crippen LogP contribution in [0.25, 0.3) is 0 Å². The summed E-state index contributed by atoms with van der Waals surface area (Å²) in [5.74, 6) is -4.62. The summed E-state index contributed by atoms with van der Waals surface area (Å²) in [6, 6.07) is 1.71. The van der Waals surface area contributed by atoms with E-state index >= 15 is 0 Å². The molecular weight excluding hydrogens is 283 g/mol. The predicted molar refractivity (Wildman–Crippen MR) is 63.0 cm³/mol. The maximum atomic E-state index is 13.4. The molecule has 0 aliphatic heterocycles. The van der Waals surface area contributed by atoms with Gasteiger partial charge < -0.3 is 10.1 Å². The van der Waals surface area contributed by atoms with Crippen molar-refractivity contribution in [3.8, 4) is 11.5 Å². The van der Waals surface area contributed by atoms with Crippen LogP contribution in [-0.2, 0) is 0 Å². The Labute approximate surface area is 111 Å². The molecule has 100 valence electrons. The number of anilines is 1. The van der Waals surface area contributed by atoms with Crippen LogP contribution in [0.5, 0.6) is 11.5 Å². The monoisotopic (exact) mass is 289 g/mol. The second-order valence-electron chi connectivity index (χ2n) is 3.38. The highest BCUT2D eigenvalue weighted by molar-refractivity contribution is 6.28. The average Bonchev–Trinajstić information content (AvgIpc) is 2.41. The number of rotatable bonds is 3. The molecule has 0 aliphatic carbocycles. The lowest BCUT2D eigenvalue weighted by atomic mass is 10.3. The smallest absolute Gasteiger partial charge is 0.224 e. The molecule has 0 amide bonds. The summed E-state index contributed by atoms with van der Waals surface area (Å²) in [4.78, 5) is 7.44. The van der Waals surface area contributed by atoms with E-state index in [0.717, 1.165) is 12.1 Å². The first-order valence-corrected chi connectivity index (χ1v) is 5.42. The zero-order chi connectivity index (χ0) is 14.0. The summed E-state index contributed by atoms with van der Waals surface area (Å²) in [5.41, 5.74) is 0. The van der Waals surface area contributed by atoms with Gasteiger partial charge in [-0.2, -0.15) is 9.37 Å². The van der Waals surface area contributed by atoms with Crippen molar-refractivity contribution >= 4 is 17.4 Å². The van der Waals surface area contributed by atoms with Crippen LogP contribution >= 0.6 is 11.6 Å². The van der Waals surface area contributed by atoms with Crippen LogP contribution in [0.15, 0.2) is 18.3 Å². The molecule has 19 heavy (non-hydrogen) atoms. The van der Waals surface area contributed by atoms with Crippen LogP contribution in [-0.4, -0.2) is 17.0 Å². The van der Waals surface area contributed by atoms with E-state index in [0.29, 0.717) is 0 Å². The first-order chi connectivity index (χ1) is 9.02. The quantitative estimate of drug-likeness (QED) is 0.695. The van der Waals surface area contributed by atoms with E-state index in [4.69, 9.17) is 16.3 Å². The fourth-order valence-corrected chi connectivity index (χ4v) is 1.44. The van der Waals surface area contributed by atoms with Crippen LogP contribution in [0, 0.1) is 17.5 Å². The van der Waals surface area contributed by atoms with E-state index in [9.17, 15) is 13.2 Å². The Bertz CT molecular complexity index is 624. The normalized spacial score (nSPS) is 10.4. The molecule has 0 radical (unpaired) electrons. The second kappa shape index (κ2) is 5.31. The van der Waals surface area contributed by atoms with Crippen molar-refractivity contribution in [2.75, 3.05) is 12.4 Å². The molecule has 0 atom stereocenters. The molecule has 1 N–H and O–H groups in total. The number of hydrogen-bond donors (Lipinski definition) is 1. The van der Waals surface area contributed by atoms with Gasteiger partial charge in [-0.1, -0.05) is 0 Å². The second-order valence-corrected chi connectivity index (χ2v) is 3.72. The van der Waals surface area contributed by atoms with Crippen molar-refractivity contribution in [1.29, 1.82) is 0 Å². The third-order valence-corrected chi connectivity index (χ3v) is 2.36. The highest BCUT2D eigenvalue weighted by Crippen LogP contribution is 2.30. The first-order valence-electron chi connectivity index (χ1n) is 5.04. The molecular formula is C11H7ClF3N3O. The Hall–Kier alpha value is -2.02. The van der Waals surface area contributed by atoms with Crippen molar-refractivity contribution in [1.82, 2.24) is 9.97 Å². The molecule has 1 heterocycles. The largest absolute Gasteiger partial charge is 0.449 e. The van der Waals surface area contributed by atoms with Gasteiger partial charge in [0, 0.05) is 7.05 Å². The number of halogens is 4. The summed E-state index contributed by atoms with van der Waals surface area (Å²) in [6.45, 7) is 0. The summed E-state index contributed by atoms with van der Waals surface area (Å²) < 4.78 is 44.3. The van der Waals surface area contributed by atoms with Crippen molar-refractivity contribution in [3.63, 3.8) is 0 Å². The van der Waals surface area contributed by atoms with Crippen LogP contribution in [0.4, 0.5) is 19.0 Å². The van der Waals surface area contributed by atoms with Crippen LogP contribution < -0.4 is 10.1 Å². The Balaban J connectivity index is 2.39. The van der Waals surface area contributed by atoms with E-state index < -0.39 is 23.2 Å². The van der Waals surface area contributed by atoms with Crippen molar-refractivity contribution in [2.24, 2.45) is 0 Å². The standard InChI is InChI=1S/C11H7ClF3N3O/c1-16-10-7(4-17-11(12)18-10)19-6-3-2-5(13)8(14)9(6)15/h2-4H,1H3,(H,16,17,18). The summed E-state index contributed by atoms with van der Waals surface area (Å²) >= 11 is 5.57. The van der Waals surface area contributed by atoms with Crippen molar-refractivity contribution in [2.45, 2.75) is 0 Å². The minimum atomic E-state index is -1.61. The van der Waals surface area contributed by atoms with Gasteiger partial charge in [0.15, 0.2) is 29.0 Å². The molecule has 0 saturated carbocycles. The molecule has 1 aromatic heterocycles. The highest BCUT2D eigenvalue weighted by Gasteiger charge is 2.16. The Kier molecular flexibility index (Phi) is 3.75. The predicted octanol–water partition coefficient (Wildman–Crippen LogP) is 3.38. The maximum absolute atomic E-state index is 13.4. The fourth-order valence-electron chi connectivity index (χ4n) is 1.31. The third kappa shape index (κ3) is 2.70. The van der Waals surface area contributed by atoms with Gasteiger partial charge in [0.1, 0.15) is 0 Å². The molecule has 0 saturated heterocycles. The average molecular weight is 290 g/mol. The number of hydrogen-bond acceptors (Lipinski definition) is 4. The summed E-state index contributed by atoms with van der Waals surface area (Å²) in [7, 11) is 1.53. The van der Waals surface area contributed by atoms with Gasteiger partial charge in [-0.05, 0) is 23.7 Å². The van der Waals surface area contributed by atoms with Gasteiger partial charge in [0.2, 0.25) is 11.1 Å². The van der Waals surface area contributed by atoms with Crippen molar-refractivity contribution < 1.29 is 17.9 Å². The molecule has 4 nitrogen and oxygen atoms in total. The SMILES string of the molecule is CNc1nc(Cl)ncc1Oc1ccc(F)c(F)c1F. The zero-order valence-corrected chi connectivity index (χ0v) is 10.3. The van der Waals surface area contributed by atoms with Gasteiger partial charge in [0.05, 0.1) is 6.20 Å². The lowest BCUT2D eigenvalue weighted by Gasteiger charge is -2.10. The van der Waals surface area contributed by atoms with E-state index in [1.54, 1.807) is 0 Å². The minimum Gasteiger partial charge on any atom is -0.449 e. The number of aromatic nitrogens is 2. The molecule has 0 spiro atoms. The topological polar surface area (TPSA) is 47.0 Å². The molecule has 0 aliphatic rings. The number of ether oxygens (including phenoxy) is 1. The van der Waals surface area contributed by atoms with Crippen LogP contribution in [0.2, 0.25) is 5.28 Å². The lowest BCUT2D eigenvalue weighted by molar-refractivity contribution is 0.393. The molecule has 0 bridgehead atoms. The van der Waals surface area contributed by atoms with E-state index in [1.165, 1.54) is 13.2 Å². The number of benzene rings is 1. The maximum Gasteiger partial charge on any atom is 0.224 e. The summed E-state index contributed by atoms with van der Waals surface area (Å²) in [5, 5.41) is 2.61. The van der Waals surface area contributed by atoms with Gasteiger partial charge >= 0.3 is 0 Å². The Morgan fingerprint density at radius 1 is 1.16 bits per heavy atom. The Morgan fingerprint density at radius 2 is 1.89 bits per heavy atom. The number of nitrogens with zero attached hydrogens (tertiary/aromatic N) is 2. The molecule has 0 fully saturated rings. The van der Waals surface area contributed by atoms with Crippen LogP contribution in [0.1, 0.15) is 0 Å². The minimum absolute atomic E-state index is 0.0248. The first kappa shape index (κ1) is 13.4. The highest BCUT2D eigenvalue weighted by atomic mass is 35.5. The van der Waals surface area contributed by atoms with Gasteiger partial charge in [-0.15, -0.1) is 0 Å². The van der Waals surface area contributed by atoms with Gasteiger partial charge in [0.25, 0.3) is 0 Å².